The third-order valence-electron chi connectivity index (χ3n) is 4.57. The van der Waals surface area contributed by atoms with E-state index in [9.17, 15) is 9.59 Å². The summed E-state index contributed by atoms with van der Waals surface area (Å²) in [7, 11) is 1.54. The Morgan fingerprint density at radius 1 is 1.50 bits per heavy atom. The van der Waals surface area contributed by atoms with Crippen LogP contribution < -0.4 is 20.8 Å². The van der Waals surface area contributed by atoms with Gasteiger partial charge in [-0.1, -0.05) is 12.1 Å². The average Bonchev–Trinajstić information content (AvgIpc) is 3.23. The van der Waals surface area contributed by atoms with Crippen LogP contribution >= 0.6 is 12.2 Å². The number of amides is 3. The van der Waals surface area contributed by atoms with Gasteiger partial charge in [-0.05, 0) is 49.7 Å². The van der Waals surface area contributed by atoms with Gasteiger partial charge in [0.05, 0.1) is 13.2 Å². The molecule has 2 saturated heterocycles. The van der Waals surface area contributed by atoms with Crippen molar-refractivity contribution in [2.24, 2.45) is 0 Å². The van der Waals surface area contributed by atoms with E-state index in [1.807, 2.05) is 0 Å². The van der Waals surface area contributed by atoms with Gasteiger partial charge < -0.3 is 20.1 Å². The van der Waals surface area contributed by atoms with Crippen LogP contribution in [0.2, 0.25) is 0 Å². The van der Waals surface area contributed by atoms with Gasteiger partial charge in [0, 0.05) is 13.2 Å². The molecule has 2 atom stereocenters. The molecule has 9 heteroatoms. The number of hydrogen-bond acceptors (Lipinski definition) is 5. The minimum Gasteiger partial charge on any atom is -0.497 e. The number of ether oxygens (including phenoxy) is 2. The van der Waals surface area contributed by atoms with Crippen LogP contribution in [0, 0.1) is 0 Å². The third kappa shape index (κ3) is 3.58. The Bertz CT molecular complexity index is 722. The number of benzene rings is 1. The van der Waals surface area contributed by atoms with Crippen molar-refractivity contribution in [1.82, 2.24) is 21.1 Å². The fourth-order valence-corrected chi connectivity index (χ4v) is 3.20. The fraction of sp³-hybridized carbons (Fsp3) is 0.471. The maximum Gasteiger partial charge on any atom is 0.344 e. The van der Waals surface area contributed by atoms with Crippen molar-refractivity contribution in [3.63, 3.8) is 0 Å². The van der Waals surface area contributed by atoms with Crippen LogP contribution in [0.5, 0.6) is 5.75 Å². The summed E-state index contributed by atoms with van der Waals surface area (Å²) in [4.78, 5) is 25.2. The minimum atomic E-state index is -1.21. The number of thiocarbonyl (C=S) groups is 1. The summed E-state index contributed by atoms with van der Waals surface area (Å²) in [6.07, 6.45) is 2.09. The van der Waals surface area contributed by atoms with Crippen molar-refractivity contribution in [2.45, 2.75) is 31.4 Å². The van der Waals surface area contributed by atoms with Gasteiger partial charge in [0.2, 0.25) is 0 Å². The average molecular weight is 378 g/mol. The summed E-state index contributed by atoms with van der Waals surface area (Å²) in [5.74, 6) is 0.156. The van der Waals surface area contributed by atoms with Gasteiger partial charge in [-0.2, -0.15) is 5.01 Å². The van der Waals surface area contributed by atoms with E-state index >= 15 is 0 Å². The maximum atomic E-state index is 12.9. The zero-order chi connectivity index (χ0) is 18.7. The monoisotopic (exact) mass is 378 g/mol. The molecule has 0 unspecified atom stereocenters. The highest BCUT2D eigenvalue weighted by Crippen LogP contribution is 2.30. The molecule has 1 aromatic carbocycles. The number of carbonyl (C=O) groups excluding carboxylic acids is 2. The molecule has 140 valence electrons. The quantitative estimate of drug-likeness (QED) is 0.520. The number of rotatable bonds is 5. The van der Waals surface area contributed by atoms with Crippen LogP contribution in [0.25, 0.3) is 0 Å². The lowest BCUT2D eigenvalue weighted by Gasteiger charge is -2.23. The van der Waals surface area contributed by atoms with Gasteiger partial charge >= 0.3 is 6.03 Å². The van der Waals surface area contributed by atoms with Gasteiger partial charge in [-0.3, -0.25) is 10.2 Å². The van der Waals surface area contributed by atoms with Crippen molar-refractivity contribution in [1.29, 1.82) is 0 Å². The van der Waals surface area contributed by atoms with E-state index in [1.54, 1.807) is 38.3 Å². The van der Waals surface area contributed by atoms with E-state index in [1.165, 1.54) is 0 Å². The molecule has 0 aliphatic carbocycles. The Morgan fingerprint density at radius 2 is 2.31 bits per heavy atom. The molecular weight excluding hydrogens is 356 g/mol. The van der Waals surface area contributed by atoms with Crippen molar-refractivity contribution >= 4 is 29.3 Å². The normalized spacial score (nSPS) is 25.2. The second-order valence-corrected chi connectivity index (χ2v) is 6.79. The summed E-state index contributed by atoms with van der Waals surface area (Å²) in [5.41, 5.74) is 2.08. The largest absolute Gasteiger partial charge is 0.497 e. The number of hydrazine groups is 1. The number of nitrogens with one attached hydrogen (secondary N) is 3. The first kappa shape index (κ1) is 18.4. The highest BCUT2D eigenvalue weighted by atomic mass is 32.1. The smallest absolute Gasteiger partial charge is 0.344 e. The van der Waals surface area contributed by atoms with E-state index in [4.69, 9.17) is 21.7 Å². The number of imide groups is 1. The van der Waals surface area contributed by atoms with E-state index in [0.29, 0.717) is 17.9 Å². The first-order valence-electron chi connectivity index (χ1n) is 8.41. The van der Waals surface area contributed by atoms with Crippen LogP contribution in [-0.4, -0.2) is 48.4 Å². The third-order valence-corrected chi connectivity index (χ3v) is 4.80. The standard InChI is InChI=1S/C17H22N4O4S/c1-17(11-5-3-6-12(9-11)24-2)14(22)21(16(23)19-17)20-15(26)18-10-13-7-4-8-25-13/h3,5-6,9,13H,4,7-8,10H2,1-2H3,(H,19,23)(H2,18,20,26)/t13-,17+/m0/s1. The summed E-state index contributed by atoms with van der Waals surface area (Å²) < 4.78 is 10.7. The molecule has 8 nitrogen and oxygen atoms in total. The van der Waals surface area contributed by atoms with Crippen LogP contribution in [0.15, 0.2) is 24.3 Å². The highest BCUT2D eigenvalue weighted by Gasteiger charge is 2.50. The number of nitrogens with zero attached hydrogens (tertiary/aromatic N) is 1. The first-order valence-corrected chi connectivity index (χ1v) is 8.82. The maximum absolute atomic E-state index is 12.9. The number of hydrogen-bond donors (Lipinski definition) is 3. The van der Waals surface area contributed by atoms with Gasteiger partial charge in [0.25, 0.3) is 5.91 Å². The lowest BCUT2D eigenvalue weighted by atomic mass is 9.92. The molecule has 0 saturated carbocycles. The predicted octanol–water partition coefficient (Wildman–Crippen LogP) is 1.02. The SMILES string of the molecule is COc1cccc([C@@]2(C)NC(=O)N(NC(=S)NC[C@@H]3CCCO3)C2=O)c1. The number of methoxy groups -OCH3 is 1. The van der Waals surface area contributed by atoms with Crippen LogP contribution in [0.3, 0.4) is 0 Å². The lowest BCUT2D eigenvalue weighted by Crippen LogP contribution is -2.52. The highest BCUT2D eigenvalue weighted by molar-refractivity contribution is 7.80. The summed E-state index contributed by atoms with van der Waals surface area (Å²) in [5, 5.41) is 6.77. The van der Waals surface area contributed by atoms with E-state index in [2.05, 4.69) is 16.1 Å². The van der Waals surface area contributed by atoms with Gasteiger partial charge in [0.1, 0.15) is 11.3 Å². The topological polar surface area (TPSA) is 91.9 Å². The van der Waals surface area contributed by atoms with Crippen LogP contribution in [0.4, 0.5) is 4.79 Å². The second-order valence-electron chi connectivity index (χ2n) is 6.38. The Balaban J connectivity index is 1.66. The molecule has 0 spiro atoms. The molecule has 0 radical (unpaired) electrons. The van der Waals surface area contributed by atoms with Crippen molar-refractivity contribution in [3.8, 4) is 5.75 Å². The summed E-state index contributed by atoms with van der Waals surface area (Å²) >= 11 is 5.19. The molecule has 2 aliphatic rings. The molecule has 2 aliphatic heterocycles. The Labute approximate surface area is 157 Å². The van der Waals surface area contributed by atoms with Gasteiger partial charge in [-0.25, -0.2) is 4.79 Å². The van der Waals surface area contributed by atoms with E-state index in [-0.39, 0.29) is 11.2 Å². The summed E-state index contributed by atoms with van der Waals surface area (Å²) in [6, 6.07) is 6.45. The predicted molar refractivity (Wildman–Crippen MR) is 98.4 cm³/mol. The summed E-state index contributed by atoms with van der Waals surface area (Å²) in [6.45, 7) is 2.92. The molecule has 26 heavy (non-hydrogen) atoms. The molecular formula is C17H22N4O4S. The Morgan fingerprint density at radius 3 is 3.00 bits per heavy atom. The van der Waals surface area contributed by atoms with Gasteiger partial charge in [-0.15, -0.1) is 0 Å². The first-order chi connectivity index (χ1) is 12.4. The van der Waals surface area contributed by atoms with Crippen LogP contribution in [-0.2, 0) is 15.1 Å². The van der Waals surface area contributed by atoms with E-state index < -0.39 is 17.5 Å². The Hall–Kier alpha value is -2.39. The van der Waals surface area contributed by atoms with Crippen molar-refractivity contribution in [2.75, 3.05) is 20.3 Å². The Kier molecular flexibility index (Phi) is 5.28. The number of urea groups is 1. The zero-order valence-corrected chi connectivity index (χ0v) is 15.5. The molecule has 3 amide bonds. The van der Waals surface area contributed by atoms with E-state index in [0.717, 1.165) is 24.5 Å². The fourth-order valence-electron chi connectivity index (χ4n) is 3.02. The van der Waals surface area contributed by atoms with Crippen LogP contribution in [0.1, 0.15) is 25.3 Å². The van der Waals surface area contributed by atoms with Gasteiger partial charge in [0.15, 0.2) is 5.11 Å². The second kappa shape index (κ2) is 7.46. The molecule has 1 aromatic rings. The van der Waals surface area contributed by atoms with Crippen molar-refractivity contribution in [3.05, 3.63) is 29.8 Å². The molecule has 0 bridgehead atoms. The van der Waals surface area contributed by atoms with Crippen molar-refractivity contribution < 1.29 is 19.1 Å². The molecule has 2 heterocycles. The number of carbonyl (C=O) groups is 2. The lowest BCUT2D eigenvalue weighted by molar-refractivity contribution is -0.132. The molecule has 3 rings (SSSR count). The molecule has 3 N–H and O–H groups in total. The molecule has 2 fully saturated rings. The minimum absolute atomic E-state index is 0.0971. The zero-order valence-electron chi connectivity index (χ0n) is 14.7. The molecule has 0 aromatic heterocycles.